The van der Waals surface area contributed by atoms with E-state index >= 15 is 0 Å². The summed E-state index contributed by atoms with van der Waals surface area (Å²) in [6, 6.07) is 0.437. The molecule has 0 saturated carbocycles. The number of hydrogen-bond acceptors (Lipinski definition) is 3. The first-order valence-corrected chi connectivity index (χ1v) is 6.03. The van der Waals surface area contributed by atoms with E-state index in [2.05, 4.69) is 23.6 Å². The van der Waals surface area contributed by atoms with Crippen molar-refractivity contribution in [3.63, 3.8) is 0 Å². The summed E-state index contributed by atoms with van der Waals surface area (Å²) in [6.45, 7) is 4.65. The van der Waals surface area contributed by atoms with Crippen molar-refractivity contribution in [3.05, 3.63) is 0 Å². The second kappa shape index (κ2) is 3.20. The zero-order valence-corrected chi connectivity index (χ0v) is 8.57. The van der Waals surface area contributed by atoms with E-state index in [0.717, 1.165) is 0 Å². The topological polar surface area (TPSA) is 29.3 Å². The van der Waals surface area contributed by atoms with Crippen LogP contribution in [0.5, 0.6) is 0 Å². The van der Waals surface area contributed by atoms with Gasteiger partial charge in [0.05, 0.1) is 0 Å². The largest absolute Gasteiger partial charge is 0.326 e. The van der Waals surface area contributed by atoms with Crippen molar-refractivity contribution in [1.29, 1.82) is 0 Å². The third kappa shape index (κ3) is 1.10. The highest BCUT2D eigenvalue weighted by molar-refractivity contribution is 7.99. The lowest BCUT2D eigenvalue weighted by molar-refractivity contribution is 0.158. The molecule has 0 aliphatic carbocycles. The molecule has 2 unspecified atom stereocenters. The normalized spacial score (nSPS) is 43.0. The van der Waals surface area contributed by atoms with E-state index in [9.17, 15) is 0 Å². The van der Waals surface area contributed by atoms with Gasteiger partial charge >= 0.3 is 0 Å². The molecule has 2 aliphatic heterocycles. The van der Waals surface area contributed by atoms with Crippen molar-refractivity contribution >= 4 is 11.8 Å². The maximum atomic E-state index is 6.19. The van der Waals surface area contributed by atoms with E-state index in [-0.39, 0.29) is 0 Å². The monoisotopic (exact) mass is 186 g/mol. The fraction of sp³-hybridized carbons (Fsp3) is 1.00. The van der Waals surface area contributed by atoms with Crippen molar-refractivity contribution < 1.29 is 0 Å². The van der Waals surface area contributed by atoms with Crippen molar-refractivity contribution in [2.24, 2.45) is 5.73 Å². The van der Waals surface area contributed by atoms with Gasteiger partial charge in [-0.05, 0) is 25.1 Å². The van der Waals surface area contributed by atoms with E-state index in [1.807, 2.05) is 0 Å². The van der Waals surface area contributed by atoms with Gasteiger partial charge in [0, 0.05) is 23.9 Å². The molecule has 12 heavy (non-hydrogen) atoms. The summed E-state index contributed by atoms with van der Waals surface area (Å²) >= 11 is 2.07. The van der Waals surface area contributed by atoms with Gasteiger partial charge in [0.2, 0.25) is 0 Å². The highest BCUT2D eigenvalue weighted by Gasteiger charge is 2.48. The zero-order valence-electron chi connectivity index (χ0n) is 7.75. The molecule has 0 bridgehead atoms. The molecule has 2 heterocycles. The maximum absolute atomic E-state index is 6.19. The van der Waals surface area contributed by atoms with E-state index in [0.29, 0.717) is 11.6 Å². The first-order valence-electron chi connectivity index (χ1n) is 4.88. The number of thioether (sulfide) groups is 1. The summed E-state index contributed by atoms with van der Waals surface area (Å²) in [5.41, 5.74) is 6.57. The first kappa shape index (κ1) is 8.85. The van der Waals surface area contributed by atoms with Gasteiger partial charge in [-0.25, -0.2) is 0 Å². The molecule has 2 rings (SSSR count). The average molecular weight is 186 g/mol. The lowest BCUT2D eigenvalue weighted by atomic mass is 9.91. The van der Waals surface area contributed by atoms with Gasteiger partial charge in [-0.2, -0.15) is 11.8 Å². The van der Waals surface area contributed by atoms with E-state index in [4.69, 9.17) is 5.73 Å². The molecule has 1 spiro atoms. The number of likely N-dealkylation sites (N-methyl/N-ethyl adjacent to an activating group) is 1. The number of nitrogens with zero attached hydrogens (tertiary/aromatic N) is 1. The van der Waals surface area contributed by atoms with Crippen LogP contribution in [0.4, 0.5) is 0 Å². The molecule has 2 saturated heterocycles. The Balaban J connectivity index is 2.17. The quantitative estimate of drug-likeness (QED) is 0.660. The molecule has 0 aromatic rings. The summed E-state index contributed by atoms with van der Waals surface area (Å²) in [5, 5.41) is 0. The fourth-order valence-corrected chi connectivity index (χ4v) is 4.14. The predicted octanol–water partition coefficient (Wildman–Crippen LogP) is 0.915. The molecule has 0 amide bonds. The van der Waals surface area contributed by atoms with Crippen LogP contribution in [0.2, 0.25) is 0 Å². The van der Waals surface area contributed by atoms with E-state index in [1.165, 1.54) is 37.4 Å². The molecule has 70 valence electrons. The van der Waals surface area contributed by atoms with Crippen molar-refractivity contribution in [1.82, 2.24) is 4.90 Å². The Morgan fingerprint density at radius 2 is 2.50 bits per heavy atom. The minimum absolute atomic E-state index is 0.388. The number of nitrogens with two attached hydrogens (primary N) is 1. The van der Waals surface area contributed by atoms with Gasteiger partial charge in [-0.1, -0.05) is 6.92 Å². The Morgan fingerprint density at radius 1 is 1.67 bits per heavy atom. The Bertz CT molecular complexity index is 166. The molecule has 2 fully saturated rings. The van der Waals surface area contributed by atoms with Crippen LogP contribution in [-0.2, 0) is 0 Å². The van der Waals surface area contributed by atoms with Crippen LogP contribution in [0.25, 0.3) is 0 Å². The van der Waals surface area contributed by atoms with Gasteiger partial charge in [-0.15, -0.1) is 0 Å². The Labute approximate surface area is 78.9 Å². The van der Waals surface area contributed by atoms with Crippen LogP contribution < -0.4 is 5.73 Å². The highest BCUT2D eigenvalue weighted by Crippen LogP contribution is 2.40. The van der Waals surface area contributed by atoms with Crippen molar-refractivity contribution in [3.8, 4) is 0 Å². The summed E-state index contributed by atoms with van der Waals surface area (Å²) in [6.07, 6.45) is 2.51. The van der Waals surface area contributed by atoms with Gasteiger partial charge in [0.15, 0.2) is 0 Å². The van der Waals surface area contributed by atoms with Crippen LogP contribution in [0.3, 0.4) is 0 Å². The summed E-state index contributed by atoms with van der Waals surface area (Å²) in [5.74, 6) is 2.58. The van der Waals surface area contributed by atoms with Gasteiger partial charge in [0.1, 0.15) is 0 Å². The molecular weight excluding hydrogens is 168 g/mol. The maximum Gasteiger partial charge on any atom is 0.0458 e. The fourth-order valence-electron chi connectivity index (χ4n) is 2.61. The minimum atomic E-state index is 0.388. The number of hydrogen-bond donors (Lipinski definition) is 1. The third-order valence-corrected chi connectivity index (χ3v) is 4.64. The number of likely N-dealkylation sites (tertiary alicyclic amines) is 1. The zero-order chi connectivity index (χ0) is 8.60. The Kier molecular flexibility index (Phi) is 2.36. The lowest BCUT2D eigenvalue weighted by Crippen LogP contribution is -2.53. The van der Waals surface area contributed by atoms with E-state index < -0.39 is 0 Å². The molecule has 2 N–H and O–H groups in total. The molecular formula is C9H18N2S. The predicted molar refractivity (Wildman–Crippen MR) is 54.5 cm³/mol. The van der Waals surface area contributed by atoms with Gasteiger partial charge in [0.25, 0.3) is 0 Å². The molecule has 2 aliphatic rings. The van der Waals surface area contributed by atoms with Crippen LogP contribution in [0.1, 0.15) is 19.8 Å². The Hall–Kier alpha value is 0.270. The lowest BCUT2D eigenvalue weighted by Gasteiger charge is -2.36. The van der Waals surface area contributed by atoms with Crippen molar-refractivity contribution in [2.45, 2.75) is 31.3 Å². The SMILES string of the molecule is CCN1CCC(N)C12CCSC2. The summed E-state index contributed by atoms with van der Waals surface area (Å²) < 4.78 is 0. The van der Waals surface area contributed by atoms with Crippen LogP contribution >= 0.6 is 11.8 Å². The number of rotatable bonds is 1. The summed E-state index contributed by atoms with van der Waals surface area (Å²) in [4.78, 5) is 2.59. The third-order valence-electron chi connectivity index (χ3n) is 3.44. The molecule has 0 aromatic heterocycles. The highest BCUT2D eigenvalue weighted by atomic mass is 32.2. The Morgan fingerprint density at radius 3 is 3.08 bits per heavy atom. The molecule has 2 atom stereocenters. The van der Waals surface area contributed by atoms with Gasteiger partial charge in [-0.3, -0.25) is 4.90 Å². The van der Waals surface area contributed by atoms with Gasteiger partial charge < -0.3 is 5.73 Å². The standard InChI is InChI=1S/C9H18N2S/c1-2-11-5-3-8(10)9(11)4-6-12-7-9/h8H,2-7,10H2,1H3. The molecule has 0 aromatic carbocycles. The van der Waals surface area contributed by atoms with Crippen LogP contribution in [0.15, 0.2) is 0 Å². The molecule has 0 radical (unpaired) electrons. The second-order valence-electron chi connectivity index (χ2n) is 3.88. The second-order valence-corrected chi connectivity index (χ2v) is 4.99. The van der Waals surface area contributed by atoms with E-state index in [1.54, 1.807) is 0 Å². The average Bonchev–Trinajstić information content (AvgIpc) is 2.65. The first-order chi connectivity index (χ1) is 5.79. The van der Waals surface area contributed by atoms with Crippen LogP contribution in [-0.4, -0.2) is 41.1 Å². The molecule has 3 heteroatoms. The smallest absolute Gasteiger partial charge is 0.0458 e. The van der Waals surface area contributed by atoms with Crippen LogP contribution in [0, 0.1) is 0 Å². The minimum Gasteiger partial charge on any atom is -0.326 e. The molecule has 2 nitrogen and oxygen atoms in total. The summed E-state index contributed by atoms with van der Waals surface area (Å²) in [7, 11) is 0. The van der Waals surface area contributed by atoms with Crippen molar-refractivity contribution in [2.75, 3.05) is 24.6 Å².